The number of alkyl halides is 3. The number of rotatable bonds is 3. The molecule has 134 valence electrons. The van der Waals surface area contributed by atoms with Crippen LogP contribution in [-0.2, 0) is 4.79 Å². The van der Waals surface area contributed by atoms with Gasteiger partial charge in [-0.1, -0.05) is 18.2 Å². The van der Waals surface area contributed by atoms with E-state index in [9.17, 15) is 18.0 Å². The van der Waals surface area contributed by atoms with Crippen LogP contribution in [0.2, 0.25) is 0 Å². The van der Waals surface area contributed by atoms with E-state index in [1.165, 1.54) is 18.2 Å². The molecule has 1 aliphatic heterocycles. The summed E-state index contributed by atoms with van der Waals surface area (Å²) in [4.78, 5) is 11.7. The molecule has 0 radical (unpaired) electrons. The number of hydrogen-bond acceptors (Lipinski definition) is 3. The van der Waals surface area contributed by atoms with Gasteiger partial charge in [0.15, 0.2) is 6.04 Å². The zero-order valence-electron chi connectivity index (χ0n) is 14.5. The largest absolute Gasteiger partial charge is 0.488 e. The molecule has 24 heavy (non-hydrogen) atoms. The first kappa shape index (κ1) is 18.6. The van der Waals surface area contributed by atoms with Gasteiger partial charge in [0.05, 0.1) is 0 Å². The third-order valence-corrected chi connectivity index (χ3v) is 3.69. The van der Waals surface area contributed by atoms with Gasteiger partial charge in [-0.25, -0.2) is 0 Å². The predicted octanol–water partition coefficient (Wildman–Crippen LogP) is 3.98. The van der Waals surface area contributed by atoms with Crippen molar-refractivity contribution in [3.63, 3.8) is 0 Å². The minimum Gasteiger partial charge on any atom is -0.488 e. The predicted molar refractivity (Wildman–Crippen MR) is 84.3 cm³/mol. The van der Waals surface area contributed by atoms with Crippen LogP contribution < -0.4 is 10.2 Å². The first-order valence-electron chi connectivity index (χ1n) is 7.75. The molecule has 1 N–H and O–H groups in total. The Morgan fingerprint density at radius 2 is 1.79 bits per heavy atom. The molecule has 1 aliphatic rings. The number of hydrogen-bond donors (Lipinski definition) is 1. The summed E-state index contributed by atoms with van der Waals surface area (Å²) in [6, 6.07) is 4.09. The van der Waals surface area contributed by atoms with Crippen LogP contribution in [0.15, 0.2) is 24.3 Å². The van der Waals surface area contributed by atoms with Gasteiger partial charge in [0.1, 0.15) is 11.4 Å². The molecular formula is C17H23F3N2O2. The number of carbonyl (C=O) groups is 1. The number of carbonyl (C=O) groups excluding carboxylic acids is 1. The Hall–Kier alpha value is -1.76. The fraction of sp³-hybridized carbons (Fsp3) is 0.588. The van der Waals surface area contributed by atoms with Crippen LogP contribution in [0.4, 0.5) is 13.2 Å². The fourth-order valence-electron chi connectivity index (χ4n) is 2.81. The van der Waals surface area contributed by atoms with E-state index in [-0.39, 0.29) is 17.7 Å². The highest BCUT2D eigenvalue weighted by Gasteiger charge is 2.53. The third kappa shape index (κ3) is 4.01. The number of para-hydroxylation sites is 1. The second-order valence-corrected chi connectivity index (χ2v) is 7.59. The Balaban J connectivity index is 2.53. The van der Waals surface area contributed by atoms with Crippen molar-refractivity contribution in [3.8, 4) is 5.75 Å². The van der Waals surface area contributed by atoms with Gasteiger partial charge < -0.3 is 4.74 Å². The number of nitrogens with zero attached hydrogens (tertiary/aromatic N) is 1. The standard InChI is InChI=1S/C17H23F3N2O2/c1-15(2,3)24-12-9-7-6-8-11(12)14(17(18,19)20)22-16(4,5)10-13(23)21-22/h6-9,14H,10H2,1-5H3,(H,21,23). The molecule has 0 bridgehead atoms. The number of nitrogens with one attached hydrogen (secondary N) is 1. The van der Waals surface area contributed by atoms with Crippen molar-refractivity contribution < 1.29 is 22.7 Å². The highest BCUT2D eigenvalue weighted by molar-refractivity contribution is 5.79. The molecule has 1 aromatic carbocycles. The lowest BCUT2D eigenvalue weighted by Gasteiger charge is -2.38. The molecular weight excluding hydrogens is 321 g/mol. The lowest BCUT2D eigenvalue weighted by atomic mass is 9.96. The second-order valence-electron chi connectivity index (χ2n) is 7.59. The van der Waals surface area contributed by atoms with E-state index in [2.05, 4.69) is 5.43 Å². The monoisotopic (exact) mass is 344 g/mol. The summed E-state index contributed by atoms with van der Waals surface area (Å²) in [6.07, 6.45) is -4.58. The van der Waals surface area contributed by atoms with Crippen molar-refractivity contribution in [2.24, 2.45) is 0 Å². The molecule has 1 unspecified atom stereocenters. The maximum Gasteiger partial charge on any atom is 0.410 e. The molecule has 7 heteroatoms. The van der Waals surface area contributed by atoms with Crippen molar-refractivity contribution in [2.75, 3.05) is 0 Å². The summed E-state index contributed by atoms with van der Waals surface area (Å²) in [7, 11) is 0. The van der Waals surface area contributed by atoms with E-state index in [1.807, 2.05) is 0 Å². The summed E-state index contributed by atoms with van der Waals surface area (Å²) in [6.45, 7) is 8.53. The lowest BCUT2D eigenvalue weighted by molar-refractivity contribution is -0.204. The van der Waals surface area contributed by atoms with Crippen LogP contribution >= 0.6 is 0 Å². The number of amides is 1. The first-order chi connectivity index (χ1) is 10.8. The van der Waals surface area contributed by atoms with E-state index in [0.29, 0.717) is 0 Å². The topological polar surface area (TPSA) is 41.6 Å². The van der Waals surface area contributed by atoms with Crippen molar-refractivity contribution >= 4 is 5.91 Å². The van der Waals surface area contributed by atoms with Crippen LogP contribution in [0.25, 0.3) is 0 Å². The normalized spacial score (nSPS) is 19.9. The summed E-state index contributed by atoms with van der Waals surface area (Å²) in [5, 5.41) is 0.986. The SMILES string of the molecule is CC(C)(C)Oc1ccccc1C(N1NC(=O)CC1(C)C)C(F)(F)F. The number of benzene rings is 1. The van der Waals surface area contributed by atoms with E-state index < -0.39 is 29.3 Å². The Morgan fingerprint density at radius 1 is 1.21 bits per heavy atom. The highest BCUT2D eigenvalue weighted by Crippen LogP contribution is 2.45. The highest BCUT2D eigenvalue weighted by atomic mass is 19.4. The maximum atomic E-state index is 13.9. The summed E-state index contributed by atoms with van der Waals surface area (Å²) in [5.74, 6) is -0.271. The Morgan fingerprint density at radius 3 is 2.25 bits per heavy atom. The minimum absolute atomic E-state index is 0.00186. The molecule has 1 aromatic rings. The lowest BCUT2D eigenvalue weighted by Crippen LogP contribution is -2.51. The van der Waals surface area contributed by atoms with E-state index in [4.69, 9.17) is 4.74 Å². The third-order valence-electron chi connectivity index (χ3n) is 3.69. The minimum atomic E-state index is -4.58. The Labute approximate surface area is 139 Å². The average molecular weight is 344 g/mol. The maximum absolute atomic E-state index is 13.9. The van der Waals surface area contributed by atoms with Gasteiger partial charge in [-0.05, 0) is 40.7 Å². The summed E-state index contributed by atoms with van der Waals surface area (Å²) < 4.78 is 47.4. The molecule has 1 fully saturated rings. The van der Waals surface area contributed by atoms with E-state index >= 15 is 0 Å². The number of halogens is 3. The van der Waals surface area contributed by atoms with Gasteiger partial charge in [-0.2, -0.15) is 18.2 Å². The average Bonchev–Trinajstić information content (AvgIpc) is 2.61. The van der Waals surface area contributed by atoms with Crippen molar-refractivity contribution in [1.29, 1.82) is 0 Å². The van der Waals surface area contributed by atoms with Crippen LogP contribution in [-0.4, -0.2) is 28.2 Å². The molecule has 0 saturated carbocycles. The Kier molecular flexibility index (Phi) is 4.61. The van der Waals surface area contributed by atoms with Crippen LogP contribution in [0, 0.1) is 0 Å². The van der Waals surface area contributed by atoms with Gasteiger partial charge in [-0.3, -0.25) is 10.2 Å². The van der Waals surface area contributed by atoms with Crippen LogP contribution in [0.1, 0.15) is 52.6 Å². The smallest absolute Gasteiger partial charge is 0.410 e. The fourth-order valence-corrected chi connectivity index (χ4v) is 2.81. The van der Waals surface area contributed by atoms with Crippen molar-refractivity contribution in [3.05, 3.63) is 29.8 Å². The molecule has 4 nitrogen and oxygen atoms in total. The van der Waals surface area contributed by atoms with Gasteiger partial charge in [0.2, 0.25) is 5.91 Å². The van der Waals surface area contributed by atoms with Crippen molar-refractivity contribution in [1.82, 2.24) is 10.4 Å². The zero-order chi connectivity index (χ0) is 18.3. The molecule has 1 saturated heterocycles. The van der Waals surface area contributed by atoms with Gasteiger partial charge >= 0.3 is 6.18 Å². The number of ether oxygens (including phenoxy) is 1. The summed E-state index contributed by atoms with van der Waals surface area (Å²) >= 11 is 0. The molecule has 1 heterocycles. The molecule has 2 rings (SSSR count). The molecule has 0 aromatic heterocycles. The quantitative estimate of drug-likeness (QED) is 0.902. The molecule has 1 atom stereocenters. The Bertz CT molecular complexity index is 621. The molecule has 1 amide bonds. The van der Waals surface area contributed by atoms with Crippen molar-refractivity contribution in [2.45, 2.75) is 64.4 Å². The van der Waals surface area contributed by atoms with Crippen LogP contribution in [0.3, 0.4) is 0 Å². The van der Waals surface area contributed by atoms with Gasteiger partial charge in [-0.15, -0.1) is 0 Å². The van der Waals surface area contributed by atoms with E-state index in [1.54, 1.807) is 40.7 Å². The second kappa shape index (κ2) is 5.95. The molecule has 0 spiro atoms. The van der Waals surface area contributed by atoms with Gasteiger partial charge in [0, 0.05) is 17.5 Å². The zero-order valence-corrected chi connectivity index (χ0v) is 14.5. The first-order valence-corrected chi connectivity index (χ1v) is 7.75. The van der Waals surface area contributed by atoms with Crippen LogP contribution in [0.5, 0.6) is 5.75 Å². The number of hydrazine groups is 1. The summed E-state index contributed by atoms with van der Waals surface area (Å²) in [5.41, 5.74) is 0.731. The molecule has 0 aliphatic carbocycles. The van der Waals surface area contributed by atoms with Gasteiger partial charge in [0.25, 0.3) is 0 Å². The van der Waals surface area contributed by atoms with E-state index in [0.717, 1.165) is 5.01 Å².